The predicted octanol–water partition coefficient (Wildman–Crippen LogP) is 5.37. The van der Waals surface area contributed by atoms with Gasteiger partial charge in [0.05, 0.1) is 14.2 Å². The molecule has 0 bridgehead atoms. The number of nitrogens with one attached hydrogen (secondary N) is 1. The SMILES string of the molecule is CCC(C)(CC)SCCNC(=O)CCC[n+]1ccc(C=Cc2cc(OC)ccc2OC)cc1. The molecule has 0 fully saturated rings. The Kier molecular flexibility index (Phi) is 11.3. The number of hydrogen-bond acceptors (Lipinski definition) is 4. The Morgan fingerprint density at radius 2 is 1.82 bits per heavy atom. The fraction of sp³-hybridized carbons (Fsp3) is 0.481. The molecule has 6 heteroatoms. The Hall–Kier alpha value is -2.47. The molecule has 0 atom stereocenters. The van der Waals surface area contributed by atoms with Crippen LogP contribution in [0.3, 0.4) is 0 Å². The summed E-state index contributed by atoms with van der Waals surface area (Å²) < 4.78 is 13.2. The largest absolute Gasteiger partial charge is 0.497 e. The number of thioether (sulfide) groups is 1. The van der Waals surface area contributed by atoms with Gasteiger partial charge in [-0.15, -0.1) is 0 Å². The summed E-state index contributed by atoms with van der Waals surface area (Å²) >= 11 is 1.96. The monoisotopic (exact) mass is 471 g/mol. The minimum absolute atomic E-state index is 0.137. The van der Waals surface area contributed by atoms with Gasteiger partial charge in [0.25, 0.3) is 0 Å². The lowest BCUT2D eigenvalue weighted by Crippen LogP contribution is -2.34. The molecular weight excluding hydrogens is 432 g/mol. The summed E-state index contributed by atoms with van der Waals surface area (Å²) in [7, 11) is 3.32. The number of carbonyl (C=O) groups is 1. The predicted molar refractivity (Wildman–Crippen MR) is 139 cm³/mol. The molecule has 1 N–H and O–H groups in total. The molecule has 2 aromatic rings. The molecule has 0 aliphatic rings. The lowest BCUT2D eigenvalue weighted by atomic mass is 10.1. The van der Waals surface area contributed by atoms with Crippen molar-refractivity contribution >= 4 is 29.8 Å². The third kappa shape index (κ3) is 9.12. The van der Waals surface area contributed by atoms with Crippen LogP contribution in [0.25, 0.3) is 12.2 Å². The second-order valence-electron chi connectivity index (χ2n) is 8.27. The van der Waals surface area contributed by atoms with E-state index in [4.69, 9.17) is 9.47 Å². The van der Waals surface area contributed by atoms with Crippen molar-refractivity contribution < 1.29 is 18.8 Å². The van der Waals surface area contributed by atoms with Gasteiger partial charge in [-0.25, -0.2) is 4.57 Å². The van der Waals surface area contributed by atoms with Gasteiger partial charge in [-0.05, 0) is 36.6 Å². The Balaban J connectivity index is 1.75. The summed E-state index contributed by atoms with van der Waals surface area (Å²) in [5, 5.41) is 3.05. The third-order valence-electron chi connectivity index (χ3n) is 6.00. The van der Waals surface area contributed by atoms with Crippen LogP contribution in [0.4, 0.5) is 0 Å². The molecule has 5 nitrogen and oxygen atoms in total. The maximum Gasteiger partial charge on any atom is 0.220 e. The molecule has 2 rings (SSSR count). The van der Waals surface area contributed by atoms with Crippen LogP contribution in [0.2, 0.25) is 0 Å². The molecule has 1 aromatic heterocycles. The zero-order valence-corrected chi connectivity index (χ0v) is 21.5. The Morgan fingerprint density at radius 3 is 2.45 bits per heavy atom. The first-order valence-electron chi connectivity index (χ1n) is 11.7. The maximum absolute atomic E-state index is 12.1. The topological polar surface area (TPSA) is 51.4 Å². The summed E-state index contributed by atoms with van der Waals surface area (Å²) in [6.45, 7) is 8.32. The van der Waals surface area contributed by atoms with E-state index in [0.29, 0.717) is 11.2 Å². The smallest absolute Gasteiger partial charge is 0.220 e. The molecule has 33 heavy (non-hydrogen) atoms. The van der Waals surface area contributed by atoms with Crippen LogP contribution in [0.1, 0.15) is 57.6 Å². The molecule has 1 amide bonds. The van der Waals surface area contributed by atoms with E-state index in [1.54, 1.807) is 14.2 Å². The first kappa shape index (κ1) is 26.8. The van der Waals surface area contributed by atoms with Crippen LogP contribution < -0.4 is 19.4 Å². The number of carbonyl (C=O) groups excluding carboxylic acids is 1. The third-order valence-corrected chi connectivity index (χ3v) is 7.68. The lowest BCUT2D eigenvalue weighted by Gasteiger charge is -2.25. The number of pyridine rings is 1. The minimum Gasteiger partial charge on any atom is -0.497 e. The molecular formula is C27H39N2O3S+. The number of amides is 1. The van der Waals surface area contributed by atoms with E-state index in [1.807, 2.05) is 48.4 Å². The van der Waals surface area contributed by atoms with Gasteiger partial charge in [0.2, 0.25) is 5.91 Å². The Morgan fingerprint density at radius 1 is 1.09 bits per heavy atom. The van der Waals surface area contributed by atoms with Gasteiger partial charge >= 0.3 is 0 Å². The Bertz CT molecular complexity index is 893. The summed E-state index contributed by atoms with van der Waals surface area (Å²) in [6, 6.07) is 9.88. The van der Waals surface area contributed by atoms with Gasteiger partial charge < -0.3 is 14.8 Å². The molecule has 1 heterocycles. The molecule has 0 aliphatic heterocycles. The van der Waals surface area contributed by atoms with E-state index in [0.717, 1.165) is 60.7 Å². The number of aromatic nitrogens is 1. The molecule has 0 saturated carbocycles. The summed E-state index contributed by atoms with van der Waals surface area (Å²) in [5.41, 5.74) is 2.06. The summed E-state index contributed by atoms with van der Waals surface area (Å²) in [5.74, 6) is 2.71. The van der Waals surface area contributed by atoms with Crippen molar-refractivity contribution in [1.82, 2.24) is 5.32 Å². The van der Waals surface area contributed by atoms with Gasteiger partial charge in [0.1, 0.15) is 18.0 Å². The number of ether oxygens (including phenoxy) is 2. The van der Waals surface area contributed by atoms with E-state index >= 15 is 0 Å². The van der Waals surface area contributed by atoms with Gasteiger partial charge in [0, 0.05) is 47.6 Å². The number of hydrogen-bond donors (Lipinski definition) is 1. The average molecular weight is 472 g/mol. The van der Waals surface area contributed by atoms with Crippen LogP contribution in [0.15, 0.2) is 42.7 Å². The van der Waals surface area contributed by atoms with Crippen molar-refractivity contribution in [1.29, 1.82) is 0 Å². The summed E-state index contributed by atoms with van der Waals surface area (Å²) in [6.07, 6.45) is 11.9. The van der Waals surface area contributed by atoms with Crippen molar-refractivity contribution in [3.63, 3.8) is 0 Å². The average Bonchev–Trinajstić information content (AvgIpc) is 2.85. The second-order valence-corrected chi connectivity index (χ2v) is 9.95. The van der Waals surface area contributed by atoms with Crippen molar-refractivity contribution in [2.24, 2.45) is 0 Å². The van der Waals surface area contributed by atoms with Gasteiger partial charge in [-0.2, -0.15) is 11.8 Å². The second kappa shape index (κ2) is 13.9. The summed E-state index contributed by atoms with van der Waals surface area (Å²) in [4.78, 5) is 12.1. The fourth-order valence-electron chi connectivity index (χ4n) is 3.34. The van der Waals surface area contributed by atoms with E-state index in [2.05, 4.69) is 48.9 Å². The molecule has 180 valence electrons. The van der Waals surface area contributed by atoms with Crippen molar-refractivity contribution in [2.75, 3.05) is 26.5 Å². The molecule has 0 aliphatic carbocycles. The van der Waals surface area contributed by atoms with Gasteiger partial charge in [-0.3, -0.25) is 4.79 Å². The van der Waals surface area contributed by atoms with Crippen LogP contribution in [-0.2, 0) is 11.3 Å². The highest BCUT2D eigenvalue weighted by atomic mass is 32.2. The zero-order valence-electron chi connectivity index (χ0n) is 20.7. The van der Waals surface area contributed by atoms with Crippen LogP contribution in [0.5, 0.6) is 11.5 Å². The number of methoxy groups -OCH3 is 2. The highest BCUT2D eigenvalue weighted by Gasteiger charge is 2.19. The lowest BCUT2D eigenvalue weighted by molar-refractivity contribution is -0.697. The number of nitrogens with zero attached hydrogens (tertiary/aromatic N) is 1. The first-order valence-corrected chi connectivity index (χ1v) is 12.7. The van der Waals surface area contributed by atoms with Crippen molar-refractivity contribution in [3.8, 4) is 11.5 Å². The first-order chi connectivity index (χ1) is 15.9. The quantitative estimate of drug-likeness (QED) is 0.297. The molecule has 1 aromatic carbocycles. The van der Waals surface area contributed by atoms with Crippen LogP contribution >= 0.6 is 11.8 Å². The number of rotatable bonds is 14. The van der Waals surface area contributed by atoms with E-state index < -0.39 is 0 Å². The molecule has 0 saturated heterocycles. The minimum atomic E-state index is 0.137. The van der Waals surface area contributed by atoms with Gasteiger partial charge in [-0.1, -0.05) is 32.9 Å². The van der Waals surface area contributed by atoms with Crippen molar-refractivity contribution in [2.45, 2.75) is 57.7 Å². The highest BCUT2D eigenvalue weighted by molar-refractivity contribution is 8.00. The van der Waals surface area contributed by atoms with E-state index in [-0.39, 0.29) is 5.91 Å². The molecule has 0 radical (unpaired) electrons. The van der Waals surface area contributed by atoms with Crippen LogP contribution in [0, 0.1) is 0 Å². The molecule has 0 unspecified atom stereocenters. The fourth-order valence-corrected chi connectivity index (χ4v) is 4.44. The maximum atomic E-state index is 12.1. The van der Waals surface area contributed by atoms with E-state index in [1.165, 1.54) is 0 Å². The van der Waals surface area contributed by atoms with Gasteiger partial charge in [0.15, 0.2) is 12.4 Å². The van der Waals surface area contributed by atoms with E-state index in [9.17, 15) is 4.79 Å². The number of aryl methyl sites for hydroxylation is 1. The number of benzene rings is 1. The zero-order chi connectivity index (χ0) is 24.1. The Labute approximate surface area is 203 Å². The highest BCUT2D eigenvalue weighted by Crippen LogP contribution is 2.31. The normalized spacial score (nSPS) is 11.5. The standard InChI is InChI=1S/C27H38N2O3S/c1-6-27(3,7-2)33-20-16-28-26(30)9-8-17-29-18-14-22(15-19-29)10-11-23-21-24(31-4)12-13-25(23)32-5/h10-15,18-19,21H,6-9,16-17,20H2,1-5H3/p+1. The molecule has 0 spiro atoms. The van der Waals surface area contributed by atoms with Crippen molar-refractivity contribution in [3.05, 3.63) is 53.9 Å². The van der Waals surface area contributed by atoms with Crippen LogP contribution in [-0.4, -0.2) is 37.2 Å².